The van der Waals surface area contributed by atoms with Crippen molar-refractivity contribution in [3.05, 3.63) is 30.3 Å². The van der Waals surface area contributed by atoms with E-state index in [-0.39, 0.29) is 12.1 Å². The second kappa shape index (κ2) is 5.34. The van der Waals surface area contributed by atoms with Gasteiger partial charge in [-0.05, 0) is 0 Å². The van der Waals surface area contributed by atoms with Gasteiger partial charge in [0.1, 0.15) is 0 Å². The van der Waals surface area contributed by atoms with Gasteiger partial charge in [0.25, 0.3) is 0 Å². The van der Waals surface area contributed by atoms with E-state index in [1.807, 2.05) is 6.07 Å². The molecule has 1 saturated heterocycles. The zero-order valence-electron chi connectivity index (χ0n) is 8.52. The third-order valence-corrected chi connectivity index (χ3v) is 4.78. The van der Waals surface area contributed by atoms with E-state index in [2.05, 4.69) is 24.3 Å². The van der Waals surface area contributed by atoms with Gasteiger partial charge < -0.3 is 0 Å². The molecule has 1 aliphatic rings. The summed E-state index contributed by atoms with van der Waals surface area (Å²) in [4.78, 5) is 11.1. The molecule has 0 N–H and O–H groups in total. The SMILES string of the molecule is O=C1CCCC(C[Se]c2ccccc2)O1. The second-order valence-corrected chi connectivity index (χ2v) is 5.92. The second-order valence-electron chi connectivity index (χ2n) is 3.63. The molecule has 2 rings (SSSR count). The number of hydrogen-bond donors (Lipinski definition) is 0. The number of carbonyl (C=O) groups excluding carboxylic acids is 1. The molecule has 3 heteroatoms. The van der Waals surface area contributed by atoms with Crippen molar-refractivity contribution in [1.82, 2.24) is 0 Å². The molecule has 0 aliphatic carbocycles. The van der Waals surface area contributed by atoms with Gasteiger partial charge in [0.05, 0.1) is 0 Å². The number of cyclic esters (lactones) is 1. The van der Waals surface area contributed by atoms with Crippen LogP contribution < -0.4 is 4.46 Å². The molecule has 80 valence electrons. The van der Waals surface area contributed by atoms with Gasteiger partial charge in [0.2, 0.25) is 0 Å². The zero-order chi connectivity index (χ0) is 10.5. The normalized spacial score (nSPS) is 21.1. The van der Waals surface area contributed by atoms with Crippen molar-refractivity contribution < 1.29 is 9.53 Å². The summed E-state index contributed by atoms with van der Waals surface area (Å²) in [6.45, 7) is 0. The van der Waals surface area contributed by atoms with Gasteiger partial charge in [-0.1, -0.05) is 0 Å². The maximum atomic E-state index is 11.1. The molecule has 1 aromatic rings. The fraction of sp³-hybridized carbons (Fsp3) is 0.417. The van der Waals surface area contributed by atoms with E-state index < -0.39 is 0 Å². The van der Waals surface area contributed by atoms with Crippen molar-refractivity contribution in [2.75, 3.05) is 0 Å². The summed E-state index contributed by atoms with van der Waals surface area (Å²) in [5.74, 6) is -0.0184. The predicted molar refractivity (Wildman–Crippen MR) is 60.4 cm³/mol. The minimum atomic E-state index is -0.0184. The van der Waals surface area contributed by atoms with E-state index >= 15 is 0 Å². The first-order valence-corrected chi connectivity index (χ1v) is 7.29. The Balaban J connectivity index is 1.80. The molecule has 1 atom stereocenters. The van der Waals surface area contributed by atoms with Crippen molar-refractivity contribution in [1.29, 1.82) is 0 Å². The first-order chi connectivity index (χ1) is 7.34. The van der Waals surface area contributed by atoms with Crippen LogP contribution in [0.2, 0.25) is 5.32 Å². The summed E-state index contributed by atoms with van der Waals surface area (Å²) < 4.78 is 6.67. The molecular weight excluding hydrogens is 255 g/mol. The average Bonchev–Trinajstić information content (AvgIpc) is 2.28. The quantitative estimate of drug-likeness (QED) is 0.614. The number of benzene rings is 1. The van der Waals surface area contributed by atoms with Gasteiger partial charge in [0, 0.05) is 0 Å². The molecule has 1 fully saturated rings. The van der Waals surface area contributed by atoms with Crippen molar-refractivity contribution in [2.45, 2.75) is 30.7 Å². The van der Waals surface area contributed by atoms with Gasteiger partial charge >= 0.3 is 95.9 Å². The Morgan fingerprint density at radius 1 is 1.33 bits per heavy atom. The van der Waals surface area contributed by atoms with Crippen LogP contribution in [-0.2, 0) is 9.53 Å². The van der Waals surface area contributed by atoms with Crippen molar-refractivity contribution in [2.24, 2.45) is 0 Å². The fourth-order valence-electron chi connectivity index (χ4n) is 1.60. The van der Waals surface area contributed by atoms with E-state index in [1.165, 1.54) is 4.46 Å². The Morgan fingerprint density at radius 3 is 2.87 bits per heavy atom. The molecular formula is C12H14O2Se. The summed E-state index contributed by atoms with van der Waals surface area (Å²) in [7, 11) is 0. The molecule has 2 nitrogen and oxygen atoms in total. The van der Waals surface area contributed by atoms with Crippen LogP contribution in [0.4, 0.5) is 0 Å². The van der Waals surface area contributed by atoms with E-state index in [1.54, 1.807) is 0 Å². The van der Waals surface area contributed by atoms with Gasteiger partial charge in [0.15, 0.2) is 0 Å². The van der Waals surface area contributed by atoms with Crippen LogP contribution in [0.5, 0.6) is 0 Å². The summed E-state index contributed by atoms with van der Waals surface area (Å²) in [6.07, 6.45) is 2.82. The molecule has 0 spiro atoms. The summed E-state index contributed by atoms with van der Waals surface area (Å²) in [5.41, 5.74) is 0. The van der Waals surface area contributed by atoms with Crippen molar-refractivity contribution in [3.63, 3.8) is 0 Å². The predicted octanol–water partition coefficient (Wildman–Crippen LogP) is 1.53. The van der Waals surface area contributed by atoms with Crippen molar-refractivity contribution >= 4 is 25.4 Å². The van der Waals surface area contributed by atoms with E-state index in [0.717, 1.165) is 18.2 Å². The molecule has 0 aromatic heterocycles. The Labute approximate surface area is 96.2 Å². The van der Waals surface area contributed by atoms with Crippen LogP contribution in [0, 0.1) is 0 Å². The first kappa shape index (κ1) is 10.7. The average molecular weight is 269 g/mol. The number of esters is 1. The summed E-state index contributed by atoms with van der Waals surface area (Å²) >= 11 is 0.434. The van der Waals surface area contributed by atoms with Crippen LogP contribution in [0.3, 0.4) is 0 Å². The van der Waals surface area contributed by atoms with Crippen LogP contribution in [0.1, 0.15) is 19.3 Å². The Bertz CT molecular complexity index is 324. The molecule has 0 radical (unpaired) electrons. The monoisotopic (exact) mass is 270 g/mol. The molecule has 0 bridgehead atoms. The molecule has 1 aromatic carbocycles. The minimum absolute atomic E-state index is 0.0184. The summed E-state index contributed by atoms with van der Waals surface area (Å²) in [5, 5.41) is 1.02. The van der Waals surface area contributed by atoms with E-state index in [0.29, 0.717) is 21.4 Å². The van der Waals surface area contributed by atoms with Gasteiger partial charge in [-0.3, -0.25) is 0 Å². The van der Waals surface area contributed by atoms with Gasteiger partial charge in [-0.25, -0.2) is 0 Å². The molecule has 0 saturated carbocycles. The number of ether oxygens (including phenoxy) is 1. The Morgan fingerprint density at radius 2 is 2.13 bits per heavy atom. The fourth-order valence-corrected chi connectivity index (χ4v) is 3.62. The van der Waals surface area contributed by atoms with Gasteiger partial charge in [-0.2, -0.15) is 0 Å². The maximum absolute atomic E-state index is 11.1. The van der Waals surface area contributed by atoms with E-state index in [4.69, 9.17) is 4.74 Å². The number of rotatable bonds is 3. The topological polar surface area (TPSA) is 26.3 Å². The van der Waals surface area contributed by atoms with Crippen LogP contribution in [-0.4, -0.2) is 27.0 Å². The first-order valence-electron chi connectivity index (χ1n) is 5.22. The van der Waals surface area contributed by atoms with Gasteiger partial charge in [-0.15, -0.1) is 0 Å². The Hall–Kier alpha value is -0.791. The molecule has 1 heterocycles. The number of hydrogen-bond acceptors (Lipinski definition) is 2. The van der Waals surface area contributed by atoms with Crippen molar-refractivity contribution in [3.8, 4) is 0 Å². The zero-order valence-corrected chi connectivity index (χ0v) is 10.2. The molecule has 15 heavy (non-hydrogen) atoms. The summed E-state index contributed by atoms with van der Waals surface area (Å²) in [6, 6.07) is 10.4. The molecule has 1 unspecified atom stereocenters. The van der Waals surface area contributed by atoms with Crippen LogP contribution in [0.25, 0.3) is 0 Å². The van der Waals surface area contributed by atoms with Crippen LogP contribution >= 0.6 is 0 Å². The third-order valence-electron chi connectivity index (χ3n) is 2.38. The molecule has 0 amide bonds. The Kier molecular flexibility index (Phi) is 3.81. The van der Waals surface area contributed by atoms with E-state index in [9.17, 15) is 4.79 Å². The standard InChI is InChI=1S/C12H14O2Se/c13-12-8-4-5-10(14-12)9-15-11-6-2-1-3-7-11/h1-3,6-7,10H,4-5,8-9H2. The van der Waals surface area contributed by atoms with Crippen LogP contribution in [0.15, 0.2) is 30.3 Å². The molecule has 1 aliphatic heterocycles. The third kappa shape index (κ3) is 3.36. The number of carbonyl (C=O) groups is 1.